The number of aryl methyl sites for hydroxylation is 1. The lowest BCUT2D eigenvalue weighted by Gasteiger charge is -2.16. The molecule has 0 aromatic heterocycles. The molecule has 1 saturated carbocycles. The van der Waals surface area contributed by atoms with Gasteiger partial charge in [0.2, 0.25) is 5.91 Å². The number of amides is 1. The van der Waals surface area contributed by atoms with Gasteiger partial charge in [-0.2, -0.15) is 8.78 Å². The van der Waals surface area contributed by atoms with Gasteiger partial charge in [0.1, 0.15) is 5.75 Å². The maximum Gasteiger partial charge on any atom is 0.387 e. The summed E-state index contributed by atoms with van der Waals surface area (Å²) < 4.78 is 29.6. The molecule has 0 bridgehead atoms. The second-order valence-corrected chi connectivity index (χ2v) is 6.64. The van der Waals surface area contributed by atoms with Crippen molar-refractivity contribution < 1.29 is 18.3 Å². The molecule has 6 nitrogen and oxygen atoms in total. The van der Waals surface area contributed by atoms with Gasteiger partial charge in [-0.05, 0) is 25.8 Å². The molecule has 0 radical (unpaired) electrons. The first-order valence-electron chi connectivity index (χ1n) is 9.26. The van der Waals surface area contributed by atoms with Gasteiger partial charge >= 0.3 is 6.61 Å². The summed E-state index contributed by atoms with van der Waals surface area (Å²) in [5, 5.41) is 9.15. The summed E-state index contributed by atoms with van der Waals surface area (Å²) in [6.07, 6.45) is 4.82. The fourth-order valence-corrected chi connectivity index (χ4v) is 3.12. The maximum atomic E-state index is 12.5. The third-order valence-electron chi connectivity index (χ3n) is 4.47. The van der Waals surface area contributed by atoms with Crippen LogP contribution >= 0.6 is 24.0 Å². The summed E-state index contributed by atoms with van der Waals surface area (Å²) in [7, 11) is 1.61. The molecular formula is C19H29F2IN4O2. The van der Waals surface area contributed by atoms with Crippen molar-refractivity contribution in [2.75, 3.05) is 13.6 Å². The third-order valence-corrected chi connectivity index (χ3v) is 4.47. The van der Waals surface area contributed by atoms with E-state index >= 15 is 0 Å². The van der Waals surface area contributed by atoms with E-state index in [1.807, 2.05) is 6.92 Å². The molecule has 0 saturated heterocycles. The van der Waals surface area contributed by atoms with Gasteiger partial charge in [0.25, 0.3) is 0 Å². The molecule has 0 spiro atoms. The van der Waals surface area contributed by atoms with E-state index in [0.29, 0.717) is 30.5 Å². The van der Waals surface area contributed by atoms with Gasteiger partial charge in [-0.3, -0.25) is 9.79 Å². The lowest BCUT2D eigenvalue weighted by molar-refractivity contribution is -0.121. The average Bonchev–Trinajstić information content (AvgIpc) is 3.12. The number of halogens is 3. The number of ether oxygens (including phenoxy) is 1. The van der Waals surface area contributed by atoms with Crippen molar-refractivity contribution in [3.63, 3.8) is 0 Å². The van der Waals surface area contributed by atoms with Crippen molar-refractivity contribution in [2.45, 2.75) is 58.2 Å². The lowest BCUT2D eigenvalue weighted by Crippen LogP contribution is -2.40. The lowest BCUT2D eigenvalue weighted by atomic mass is 10.1. The van der Waals surface area contributed by atoms with Gasteiger partial charge in [0, 0.05) is 38.2 Å². The van der Waals surface area contributed by atoms with Crippen LogP contribution in [0.25, 0.3) is 0 Å². The Morgan fingerprint density at radius 1 is 1.29 bits per heavy atom. The summed E-state index contributed by atoms with van der Waals surface area (Å²) in [4.78, 5) is 16.0. The van der Waals surface area contributed by atoms with E-state index in [4.69, 9.17) is 0 Å². The van der Waals surface area contributed by atoms with Crippen LogP contribution in [0.2, 0.25) is 0 Å². The third kappa shape index (κ3) is 8.57. The number of carbonyl (C=O) groups excluding carboxylic acids is 1. The van der Waals surface area contributed by atoms with Crippen LogP contribution in [0.3, 0.4) is 0 Å². The van der Waals surface area contributed by atoms with Crippen molar-refractivity contribution in [1.29, 1.82) is 0 Å². The minimum Gasteiger partial charge on any atom is -0.434 e. The van der Waals surface area contributed by atoms with Crippen LogP contribution in [0.4, 0.5) is 8.78 Å². The van der Waals surface area contributed by atoms with E-state index < -0.39 is 6.61 Å². The van der Waals surface area contributed by atoms with Gasteiger partial charge in [-0.15, -0.1) is 24.0 Å². The van der Waals surface area contributed by atoms with Crippen molar-refractivity contribution in [3.05, 3.63) is 29.3 Å². The number of nitrogens with zero attached hydrogens (tertiary/aromatic N) is 1. The predicted molar refractivity (Wildman–Crippen MR) is 116 cm³/mol. The first-order valence-corrected chi connectivity index (χ1v) is 9.26. The minimum absolute atomic E-state index is 0. The molecule has 9 heteroatoms. The standard InChI is InChI=1S/C19H28F2N4O2.HI/c1-13-7-8-16(27-18(20)21)14(11-13)12-24-19(22-2)23-10-9-17(26)25-15-5-3-4-6-15;/h7-8,11,15,18H,3-6,9-10,12H2,1-2H3,(H,25,26)(H2,22,23,24);1H. The van der Waals surface area contributed by atoms with E-state index in [-0.39, 0.29) is 42.2 Å². The Morgan fingerprint density at radius 3 is 2.64 bits per heavy atom. The molecule has 158 valence electrons. The molecule has 1 amide bonds. The summed E-state index contributed by atoms with van der Waals surface area (Å²) >= 11 is 0. The highest BCUT2D eigenvalue weighted by molar-refractivity contribution is 14.0. The van der Waals surface area contributed by atoms with Crippen molar-refractivity contribution in [1.82, 2.24) is 16.0 Å². The first-order chi connectivity index (χ1) is 13.0. The molecule has 0 unspecified atom stereocenters. The molecule has 1 aromatic carbocycles. The number of carbonyl (C=O) groups is 1. The Kier molecular flexibility index (Phi) is 11.1. The largest absolute Gasteiger partial charge is 0.434 e. The molecule has 1 aliphatic carbocycles. The molecule has 0 aliphatic heterocycles. The van der Waals surface area contributed by atoms with Crippen LogP contribution in [0.5, 0.6) is 5.75 Å². The topological polar surface area (TPSA) is 74.8 Å². The first kappa shape index (κ1) is 24.4. The van der Waals surface area contributed by atoms with Gasteiger partial charge < -0.3 is 20.7 Å². The monoisotopic (exact) mass is 510 g/mol. The SMILES string of the molecule is CN=C(NCCC(=O)NC1CCCC1)NCc1cc(C)ccc1OC(F)F.I. The van der Waals surface area contributed by atoms with Crippen LogP contribution in [-0.2, 0) is 11.3 Å². The number of rotatable bonds is 8. The zero-order valence-electron chi connectivity index (χ0n) is 16.3. The van der Waals surface area contributed by atoms with E-state index in [0.717, 1.165) is 18.4 Å². The Balaban J connectivity index is 0.00000392. The van der Waals surface area contributed by atoms with Gasteiger partial charge in [-0.25, -0.2) is 0 Å². The summed E-state index contributed by atoms with van der Waals surface area (Å²) in [6, 6.07) is 5.34. The van der Waals surface area contributed by atoms with E-state index in [9.17, 15) is 13.6 Å². The normalized spacial score (nSPS) is 14.5. The highest BCUT2D eigenvalue weighted by Gasteiger charge is 2.16. The molecule has 1 aromatic rings. The zero-order valence-corrected chi connectivity index (χ0v) is 18.6. The molecule has 1 fully saturated rings. The Bertz CT molecular complexity index is 653. The highest BCUT2D eigenvalue weighted by Crippen LogP contribution is 2.22. The molecule has 3 N–H and O–H groups in total. The summed E-state index contributed by atoms with van der Waals surface area (Å²) in [5.41, 5.74) is 1.55. The van der Waals surface area contributed by atoms with Crippen LogP contribution in [-0.4, -0.2) is 38.1 Å². The Morgan fingerprint density at radius 2 is 2.00 bits per heavy atom. The molecule has 28 heavy (non-hydrogen) atoms. The predicted octanol–water partition coefficient (Wildman–Crippen LogP) is 3.33. The second kappa shape index (κ2) is 12.7. The number of alkyl halides is 2. The van der Waals surface area contributed by atoms with E-state index in [1.54, 1.807) is 19.2 Å². The van der Waals surface area contributed by atoms with Crippen LogP contribution in [0.15, 0.2) is 23.2 Å². The van der Waals surface area contributed by atoms with Crippen LogP contribution < -0.4 is 20.7 Å². The van der Waals surface area contributed by atoms with Gasteiger partial charge in [-0.1, -0.05) is 30.5 Å². The molecular weight excluding hydrogens is 481 g/mol. The fourth-order valence-electron chi connectivity index (χ4n) is 3.12. The summed E-state index contributed by atoms with van der Waals surface area (Å²) in [5.74, 6) is 0.652. The molecule has 0 atom stereocenters. The fraction of sp³-hybridized carbons (Fsp3) is 0.579. The maximum absolute atomic E-state index is 12.5. The van der Waals surface area contributed by atoms with Crippen molar-refractivity contribution in [3.8, 4) is 5.75 Å². The minimum atomic E-state index is -2.87. The molecule has 1 aliphatic rings. The van der Waals surface area contributed by atoms with Gasteiger partial charge in [0.05, 0.1) is 0 Å². The highest BCUT2D eigenvalue weighted by atomic mass is 127. The number of hydrogen-bond donors (Lipinski definition) is 3. The molecule has 0 heterocycles. The van der Waals surface area contributed by atoms with Gasteiger partial charge in [0.15, 0.2) is 5.96 Å². The summed E-state index contributed by atoms with van der Waals surface area (Å²) in [6.45, 7) is -0.280. The number of guanidine groups is 1. The van der Waals surface area contributed by atoms with Crippen LogP contribution in [0.1, 0.15) is 43.2 Å². The molecule has 2 rings (SSSR count). The zero-order chi connectivity index (χ0) is 19.6. The number of benzene rings is 1. The van der Waals surface area contributed by atoms with Crippen molar-refractivity contribution >= 4 is 35.8 Å². The smallest absolute Gasteiger partial charge is 0.387 e. The van der Waals surface area contributed by atoms with E-state index in [2.05, 4.69) is 25.7 Å². The van der Waals surface area contributed by atoms with Crippen LogP contribution in [0, 0.1) is 6.92 Å². The average molecular weight is 510 g/mol. The quantitative estimate of drug-likeness (QED) is 0.285. The Hall–Kier alpha value is -1.65. The van der Waals surface area contributed by atoms with Crippen molar-refractivity contribution in [2.24, 2.45) is 4.99 Å². The number of hydrogen-bond acceptors (Lipinski definition) is 3. The number of nitrogens with one attached hydrogen (secondary N) is 3. The second-order valence-electron chi connectivity index (χ2n) is 6.64. The Labute approximate surface area is 181 Å². The number of aliphatic imine (C=N–C) groups is 1. The van der Waals surface area contributed by atoms with E-state index in [1.165, 1.54) is 18.9 Å².